The highest BCUT2D eigenvalue weighted by Crippen LogP contribution is 2.22. The summed E-state index contributed by atoms with van der Waals surface area (Å²) in [5.74, 6) is 1.72. The lowest BCUT2D eigenvalue weighted by atomic mass is 10.1. The van der Waals surface area contributed by atoms with E-state index in [2.05, 4.69) is 4.98 Å². The average molecular weight is 291 g/mol. The molecule has 3 heteroatoms. The van der Waals surface area contributed by atoms with Gasteiger partial charge in [-0.2, -0.15) is 0 Å². The van der Waals surface area contributed by atoms with Crippen molar-refractivity contribution in [1.29, 1.82) is 0 Å². The van der Waals surface area contributed by atoms with Crippen molar-refractivity contribution in [3.8, 4) is 11.5 Å². The SMILES string of the molecule is O=C(CCc1cccc(Oc2ccccc2)c1)c1ccc[nH]1. The smallest absolute Gasteiger partial charge is 0.179 e. The van der Waals surface area contributed by atoms with Crippen LogP contribution in [-0.2, 0) is 6.42 Å². The van der Waals surface area contributed by atoms with Crippen LogP contribution in [0.1, 0.15) is 22.5 Å². The lowest BCUT2D eigenvalue weighted by molar-refractivity contribution is 0.0978. The highest BCUT2D eigenvalue weighted by molar-refractivity contribution is 5.94. The Morgan fingerprint density at radius 2 is 1.73 bits per heavy atom. The Morgan fingerprint density at radius 3 is 2.50 bits per heavy atom. The first-order valence-corrected chi connectivity index (χ1v) is 7.30. The zero-order chi connectivity index (χ0) is 15.2. The molecule has 0 saturated carbocycles. The molecule has 1 N–H and O–H groups in total. The molecule has 0 aliphatic rings. The molecule has 0 saturated heterocycles. The summed E-state index contributed by atoms with van der Waals surface area (Å²) in [5.41, 5.74) is 1.75. The number of benzene rings is 2. The van der Waals surface area contributed by atoms with Crippen LogP contribution >= 0.6 is 0 Å². The average Bonchev–Trinajstić information content (AvgIpc) is 3.08. The first kappa shape index (κ1) is 14.1. The Morgan fingerprint density at radius 1 is 0.909 bits per heavy atom. The molecule has 0 bridgehead atoms. The third-order valence-electron chi connectivity index (χ3n) is 3.42. The Hall–Kier alpha value is -2.81. The van der Waals surface area contributed by atoms with E-state index in [1.165, 1.54) is 0 Å². The Bertz CT molecular complexity index is 733. The number of nitrogens with one attached hydrogen (secondary N) is 1. The number of para-hydroxylation sites is 1. The highest BCUT2D eigenvalue weighted by Gasteiger charge is 2.07. The number of H-pyrrole nitrogens is 1. The van der Waals surface area contributed by atoms with Crippen molar-refractivity contribution in [3.63, 3.8) is 0 Å². The molecular formula is C19H17NO2. The van der Waals surface area contributed by atoms with E-state index in [0.29, 0.717) is 18.5 Å². The summed E-state index contributed by atoms with van der Waals surface area (Å²) in [6.07, 6.45) is 2.95. The monoisotopic (exact) mass is 291 g/mol. The van der Waals surface area contributed by atoms with Crippen LogP contribution in [0.2, 0.25) is 0 Å². The molecule has 0 unspecified atom stereocenters. The Labute approximate surface area is 129 Å². The standard InChI is InChI=1S/C19H17NO2/c21-19(18-10-5-13-20-18)12-11-15-6-4-9-17(14-15)22-16-7-2-1-3-8-16/h1-10,13-14,20H,11-12H2. The second-order valence-electron chi connectivity index (χ2n) is 5.07. The summed E-state index contributed by atoms with van der Waals surface area (Å²) in [4.78, 5) is 14.9. The largest absolute Gasteiger partial charge is 0.457 e. The van der Waals surface area contributed by atoms with Crippen molar-refractivity contribution in [1.82, 2.24) is 4.98 Å². The van der Waals surface area contributed by atoms with Crippen LogP contribution in [0.15, 0.2) is 72.9 Å². The van der Waals surface area contributed by atoms with Crippen LogP contribution in [0.25, 0.3) is 0 Å². The van der Waals surface area contributed by atoms with E-state index >= 15 is 0 Å². The minimum atomic E-state index is 0.124. The molecule has 3 rings (SSSR count). The van der Waals surface area contributed by atoms with Crippen molar-refractivity contribution in [2.45, 2.75) is 12.8 Å². The number of carbonyl (C=O) groups excluding carboxylic acids is 1. The maximum atomic E-state index is 12.0. The molecule has 0 radical (unpaired) electrons. The van der Waals surface area contributed by atoms with Crippen LogP contribution < -0.4 is 4.74 Å². The van der Waals surface area contributed by atoms with E-state index in [-0.39, 0.29) is 5.78 Å². The topological polar surface area (TPSA) is 42.1 Å². The Balaban J connectivity index is 1.63. The first-order chi connectivity index (χ1) is 10.8. The van der Waals surface area contributed by atoms with Crippen LogP contribution in [0, 0.1) is 0 Å². The van der Waals surface area contributed by atoms with E-state index in [9.17, 15) is 4.79 Å². The molecule has 3 aromatic rings. The second-order valence-corrected chi connectivity index (χ2v) is 5.07. The summed E-state index contributed by atoms with van der Waals surface area (Å²) < 4.78 is 5.81. The molecule has 1 heterocycles. The molecule has 3 nitrogen and oxygen atoms in total. The molecule has 0 amide bonds. The van der Waals surface area contributed by atoms with Gasteiger partial charge in [0.15, 0.2) is 5.78 Å². The van der Waals surface area contributed by atoms with Crippen LogP contribution in [-0.4, -0.2) is 10.8 Å². The normalized spacial score (nSPS) is 10.4. The molecule has 0 aliphatic carbocycles. The zero-order valence-corrected chi connectivity index (χ0v) is 12.2. The summed E-state index contributed by atoms with van der Waals surface area (Å²) in [7, 11) is 0. The van der Waals surface area contributed by atoms with Gasteiger partial charge in [0.25, 0.3) is 0 Å². The van der Waals surface area contributed by atoms with E-state index in [1.807, 2.05) is 60.7 Å². The molecular weight excluding hydrogens is 274 g/mol. The molecule has 0 aliphatic heterocycles. The summed E-state index contributed by atoms with van der Waals surface area (Å²) in [6, 6.07) is 21.2. The lowest BCUT2D eigenvalue weighted by Crippen LogP contribution is -2.01. The molecule has 110 valence electrons. The van der Waals surface area contributed by atoms with Gasteiger partial charge in [0.2, 0.25) is 0 Å². The number of carbonyl (C=O) groups is 1. The number of hydrogen-bond donors (Lipinski definition) is 1. The van der Waals surface area contributed by atoms with Crippen LogP contribution in [0.5, 0.6) is 11.5 Å². The van der Waals surface area contributed by atoms with Crippen molar-refractivity contribution < 1.29 is 9.53 Å². The van der Waals surface area contributed by atoms with Crippen LogP contribution in [0.4, 0.5) is 0 Å². The third kappa shape index (κ3) is 3.64. The number of aromatic nitrogens is 1. The number of aromatic amines is 1. The Kier molecular flexibility index (Phi) is 4.35. The molecule has 0 spiro atoms. The van der Waals surface area contributed by atoms with Crippen molar-refractivity contribution in [2.24, 2.45) is 0 Å². The molecule has 22 heavy (non-hydrogen) atoms. The quantitative estimate of drug-likeness (QED) is 0.673. The fraction of sp³-hybridized carbons (Fsp3) is 0.105. The van der Waals surface area contributed by atoms with E-state index in [0.717, 1.165) is 17.1 Å². The maximum Gasteiger partial charge on any atom is 0.179 e. The number of Topliss-reactive ketones (excluding diaryl/α,β-unsaturated/α-hetero) is 1. The molecule has 2 aromatic carbocycles. The van der Waals surface area contributed by atoms with Gasteiger partial charge in [-0.05, 0) is 48.4 Å². The van der Waals surface area contributed by atoms with Gasteiger partial charge in [0.1, 0.15) is 11.5 Å². The minimum Gasteiger partial charge on any atom is -0.457 e. The fourth-order valence-corrected chi connectivity index (χ4v) is 2.29. The molecule has 1 aromatic heterocycles. The number of hydrogen-bond acceptors (Lipinski definition) is 2. The van der Waals surface area contributed by atoms with Gasteiger partial charge in [-0.1, -0.05) is 30.3 Å². The first-order valence-electron chi connectivity index (χ1n) is 7.30. The van der Waals surface area contributed by atoms with Gasteiger partial charge in [-0.15, -0.1) is 0 Å². The van der Waals surface area contributed by atoms with Gasteiger partial charge in [0.05, 0.1) is 5.69 Å². The fourth-order valence-electron chi connectivity index (χ4n) is 2.29. The van der Waals surface area contributed by atoms with Gasteiger partial charge in [0, 0.05) is 12.6 Å². The third-order valence-corrected chi connectivity index (χ3v) is 3.42. The summed E-state index contributed by atoms with van der Waals surface area (Å²) in [5, 5.41) is 0. The van der Waals surface area contributed by atoms with Crippen molar-refractivity contribution >= 4 is 5.78 Å². The summed E-state index contributed by atoms with van der Waals surface area (Å²) in [6.45, 7) is 0. The highest BCUT2D eigenvalue weighted by atomic mass is 16.5. The van der Waals surface area contributed by atoms with Crippen molar-refractivity contribution in [2.75, 3.05) is 0 Å². The predicted octanol–water partition coefficient (Wildman–Crippen LogP) is 4.62. The van der Waals surface area contributed by atoms with Gasteiger partial charge in [-0.3, -0.25) is 4.79 Å². The van der Waals surface area contributed by atoms with E-state index in [4.69, 9.17) is 4.74 Å². The second kappa shape index (κ2) is 6.76. The van der Waals surface area contributed by atoms with Gasteiger partial charge < -0.3 is 9.72 Å². The van der Waals surface area contributed by atoms with Crippen molar-refractivity contribution in [3.05, 3.63) is 84.2 Å². The van der Waals surface area contributed by atoms with E-state index in [1.54, 1.807) is 12.3 Å². The number of rotatable bonds is 6. The zero-order valence-electron chi connectivity index (χ0n) is 12.2. The van der Waals surface area contributed by atoms with Crippen LogP contribution in [0.3, 0.4) is 0 Å². The van der Waals surface area contributed by atoms with Gasteiger partial charge >= 0.3 is 0 Å². The number of ketones is 1. The lowest BCUT2D eigenvalue weighted by Gasteiger charge is -2.07. The maximum absolute atomic E-state index is 12.0. The predicted molar refractivity (Wildman–Crippen MR) is 86.4 cm³/mol. The van der Waals surface area contributed by atoms with E-state index < -0.39 is 0 Å². The number of aryl methyl sites for hydroxylation is 1. The molecule has 0 atom stereocenters. The molecule has 0 fully saturated rings. The minimum absolute atomic E-state index is 0.124. The van der Waals surface area contributed by atoms with Gasteiger partial charge in [-0.25, -0.2) is 0 Å². The number of ether oxygens (including phenoxy) is 1. The summed E-state index contributed by atoms with van der Waals surface area (Å²) >= 11 is 0.